The SMILES string of the molecule is Cc1ccc(C)c(-c2n[nH]c3c2CCNC3)c1. The predicted molar refractivity (Wildman–Crippen MR) is 68.9 cm³/mol. The molecule has 88 valence electrons. The van der Waals surface area contributed by atoms with Gasteiger partial charge in [0.05, 0.1) is 11.4 Å². The summed E-state index contributed by atoms with van der Waals surface area (Å²) in [6, 6.07) is 6.56. The minimum absolute atomic E-state index is 0.910. The second kappa shape index (κ2) is 4.00. The van der Waals surface area contributed by atoms with Gasteiger partial charge < -0.3 is 5.32 Å². The third-order valence-electron chi connectivity index (χ3n) is 3.45. The Labute approximate surface area is 101 Å². The van der Waals surface area contributed by atoms with Crippen LogP contribution < -0.4 is 5.32 Å². The number of aryl methyl sites for hydroxylation is 2. The molecule has 2 N–H and O–H groups in total. The lowest BCUT2D eigenvalue weighted by Crippen LogP contribution is -2.23. The Bertz CT molecular complexity index is 555. The molecule has 0 aliphatic carbocycles. The molecule has 0 saturated heterocycles. The standard InChI is InChI=1S/C14H17N3/c1-9-3-4-10(2)12(7-9)14-11-5-6-15-8-13(11)16-17-14/h3-4,7,15H,5-6,8H2,1-2H3,(H,16,17). The van der Waals surface area contributed by atoms with Crippen LogP contribution >= 0.6 is 0 Å². The van der Waals surface area contributed by atoms with E-state index >= 15 is 0 Å². The third-order valence-corrected chi connectivity index (χ3v) is 3.45. The lowest BCUT2D eigenvalue weighted by atomic mass is 9.97. The first-order chi connectivity index (χ1) is 8.25. The number of hydrogen-bond donors (Lipinski definition) is 2. The summed E-state index contributed by atoms with van der Waals surface area (Å²) in [6.07, 6.45) is 1.06. The van der Waals surface area contributed by atoms with Crippen LogP contribution in [0.4, 0.5) is 0 Å². The zero-order chi connectivity index (χ0) is 11.8. The Morgan fingerprint density at radius 3 is 3.00 bits per heavy atom. The van der Waals surface area contributed by atoms with Crippen molar-refractivity contribution < 1.29 is 0 Å². The van der Waals surface area contributed by atoms with Gasteiger partial charge in [0.1, 0.15) is 0 Å². The first kappa shape index (κ1) is 10.5. The molecule has 2 aromatic rings. The molecule has 3 nitrogen and oxygen atoms in total. The van der Waals surface area contributed by atoms with E-state index in [1.807, 2.05) is 0 Å². The molecule has 0 radical (unpaired) electrons. The molecule has 1 aliphatic heterocycles. The maximum atomic E-state index is 4.50. The minimum atomic E-state index is 0.910. The summed E-state index contributed by atoms with van der Waals surface area (Å²) in [7, 11) is 0. The van der Waals surface area contributed by atoms with E-state index in [1.165, 1.54) is 27.9 Å². The van der Waals surface area contributed by atoms with E-state index in [2.05, 4.69) is 47.6 Å². The summed E-state index contributed by atoms with van der Waals surface area (Å²) >= 11 is 0. The monoisotopic (exact) mass is 227 g/mol. The molecule has 17 heavy (non-hydrogen) atoms. The van der Waals surface area contributed by atoms with Crippen LogP contribution in [0.1, 0.15) is 22.4 Å². The minimum Gasteiger partial charge on any atom is -0.311 e. The summed E-state index contributed by atoms with van der Waals surface area (Å²) in [5.41, 5.74) is 7.62. The van der Waals surface area contributed by atoms with Gasteiger partial charge in [0.25, 0.3) is 0 Å². The normalized spacial score (nSPS) is 14.7. The molecule has 0 unspecified atom stereocenters. The number of hydrogen-bond acceptors (Lipinski definition) is 2. The van der Waals surface area contributed by atoms with Crippen molar-refractivity contribution in [3.63, 3.8) is 0 Å². The molecule has 0 spiro atoms. The van der Waals surface area contributed by atoms with E-state index in [4.69, 9.17) is 0 Å². The summed E-state index contributed by atoms with van der Waals surface area (Å²) in [4.78, 5) is 0. The van der Waals surface area contributed by atoms with Crippen LogP contribution in [-0.2, 0) is 13.0 Å². The van der Waals surface area contributed by atoms with E-state index in [9.17, 15) is 0 Å². The summed E-state index contributed by atoms with van der Waals surface area (Å²) in [6.45, 7) is 6.23. The van der Waals surface area contributed by atoms with Crippen molar-refractivity contribution in [2.24, 2.45) is 0 Å². The first-order valence-electron chi connectivity index (χ1n) is 6.10. The lowest BCUT2D eigenvalue weighted by Gasteiger charge is -2.14. The molecule has 0 fully saturated rings. The zero-order valence-electron chi connectivity index (χ0n) is 10.3. The second-order valence-electron chi connectivity index (χ2n) is 4.77. The van der Waals surface area contributed by atoms with Gasteiger partial charge >= 0.3 is 0 Å². The van der Waals surface area contributed by atoms with Gasteiger partial charge in [-0.2, -0.15) is 5.10 Å². The fourth-order valence-corrected chi connectivity index (χ4v) is 2.46. The summed E-state index contributed by atoms with van der Waals surface area (Å²) in [5, 5.41) is 11.0. The van der Waals surface area contributed by atoms with Gasteiger partial charge in [-0.1, -0.05) is 17.7 Å². The fourth-order valence-electron chi connectivity index (χ4n) is 2.46. The number of aromatic amines is 1. The Morgan fingerprint density at radius 1 is 1.24 bits per heavy atom. The Kier molecular flexibility index (Phi) is 2.48. The predicted octanol–water partition coefficient (Wildman–Crippen LogP) is 2.34. The average Bonchev–Trinajstić information content (AvgIpc) is 2.76. The van der Waals surface area contributed by atoms with Gasteiger partial charge in [-0.05, 0) is 38.4 Å². The largest absolute Gasteiger partial charge is 0.311 e. The maximum Gasteiger partial charge on any atom is 0.0959 e. The lowest BCUT2D eigenvalue weighted by molar-refractivity contribution is 0.633. The average molecular weight is 227 g/mol. The number of nitrogens with one attached hydrogen (secondary N) is 2. The van der Waals surface area contributed by atoms with E-state index in [-0.39, 0.29) is 0 Å². The molecule has 2 heterocycles. The van der Waals surface area contributed by atoms with Crippen molar-refractivity contribution in [1.82, 2.24) is 15.5 Å². The van der Waals surface area contributed by atoms with Crippen molar-refractivity contribution in [3.05, 3.63) is 40.6 Å². The van der Waals surface area contributed by atoms with Crippen molar-refractivity contribution in [3.8, 4) is 11.3 Å². The van der Waals surface area contributed by atoms with Crippen LogP contribution in [-0.4, -0.2) is 16.7 Å². The number of benzene rings is 1. The van der Waals surface area contributed by atoms with Gasteiger partial charge in [0.2, 0.25) is 0 Å². The van der Waals surface area contributed by atoms with E-state index in [1.54, 1.807) is 0 Å². The second-order valence-corrected chi connectivity index (χ2v) is 4.77. The van der Waals surface area contributed by atoms with Crippen LogP contribution in [0, 0.1) is 13.8 Å². The molecule has 1 aromatic carbocycles. The molecule has 3 rings (SSSR count). The number of aromatic nitrogens is 2. The molecule has 0 saturated carbocycles. The molecular weight excluding hydrogens is 210 g/mol. The fraction of sp³-hybridized carbons (Fsp3) is 0.357. The van der Waals surface area contributed by atoms with Crippen molar-refractivity contribution >= 4 is 0 Å². The van der Waals surface area contributed by atoms with Crippen LogP contribution in [0.15, 0.2) is 18.2 Å². The zero-order valence-corrected chi connectivity index (χ0v) is 10.3. The molecular formula is C14H17N3. The smallest absolute Gasteiger partial charge is 0.0959 e. The Balaban J connectivity index is 2.15. The highest BCUT2D eigenvalue weighted by atomic mass is 15.1. The van der Waals surface area contributed by atoms with Crippen LogP contribution in [0.5, 0.6) is 0 Å². The molecule has 0 bridgehead atoms. The van der Waals surface area contributed by atoms with Gasteiger partial charge in [-0.25, -0.2) is 0 Å². The van der Waals surface area contributed by atoms with Gasteiger partial charge in [0, 0.05) is 17.7 Å². The van der Waals surface area contributed by atoms with Crippen LogP contribution in [0.3, 0.4) is 0 Å². The Hall–Kier alpha value is -1.61. The van der Waals surface area contributed by atoms with Gasteiger partial charge in [-0.15, -0.1) is 0 Å². The molecule has 0 amide bonds. The topological polar surface area (TPSA) is 40.7 Å². The maximum absolute atomic E-state index is 4.50. The third kappa shape index (κ3) is 1.76. The molecule has 0 atom stereocenters. The van der Waals surface area contributed by atoms with Crippen LogP contribution in [0.2, 0.25) is 0 Å². The van der Waals surface area contributed by atoms with Crippen molar-refractivity contribution in [2.75, 3.05) is 6.54 Å². The summed E-state index contributed by atoms with van der Waals surface area (Å²) in [5.74, 6) is 0. The number of nitrogens with zero attached hydrogens (tertiary/aromatic N) is 1. The van der Waals surface area contributed by atoms with E-state index in [0.29, 0.717) is 0 Å². The highest BCUT2D eigenvalue weighted by Gasteiger charge is 2.18. The van der Waals surface area contributed by atoms with Crippen molar-refractivity contribution in [1.29, 1.82) is 0 Å². The highest BCUT2D eigenvalue weighted by molar-refractivity contribution is 5.68. The Morgan fingerprint density at radius 2 is 2.12 bits per heavy atom. The van der Waals surface area contributed by atoms with Gasteiger partial charge in [-0.3, -0.25) is 5.10 Å². The quantitative estimate of drug-likeness (QED) is 0.785. The van der Waals surface area contributed by atoms with Gasteiger partial charge in [0.15, 0.2) is 0 Å². The molecule has 1 aromatic heterocycles. The van der Waals surface area contributed by atoms with Crippen molar-refractivity contribution in [2.45, 2.75) is 26.8 Å². The number of rotatable bonds is 1. The number of fused-ring (bicyclic) bond motifs is 1. The molecule has 1 aliphatic rings. The number of H-pyrrole nitrogens is 1. The highest BCUT2D eigenvalue weighted by Crippen LogP contribution is 2.29. The molecule has 3 heteroatoms. The van der Waals surface area contributed by atoms with E-state index < -0.39 is 0 Å². The van der Waals surface area contributed by atoms with E-state index in [0.717, 1.165) is 25.2 Å². The first-order valence-corrected chi connectivity index (χ1v) is 6.10. The van der Waals surface area contributed by atoms with Crippen LogP contribution in [0.25, 0.3) is 11.3 Å². The summed E-state index contributed by atoms with van der Waals surface area (Å²) < 4.78 is 0.